The summed E-state index contributed by atoms with van der Waals surface area (Å²) >= 11 is 0. The Balaban J connectivity index is 1.91. The molecule has 106 valence electrons. The van der Waals surface area contributed by atoms with Crippen molar-refractivity contribution in [3.63, 3.8) is 0 Å². The third-order valence-electron chi connectivity index (χ3n) is 3.72. The van der Waals surface area contributed by atoms with Crippen molar-refractivity contribution in [2.75, 3.05) is 6.54 Å². The van der Waals surface area contributed by atoms with Gasteiger partial charge in [-0.15, -0.1) is 0 Å². The third-order valence-corrected chi connectivity index (χ3v) is 3.72. The molecule has 1 aliphatic heterocycles. The summed E-state index contributed by atoms with van der Waals surface area (Å²) in [5.74, 6) is -0.248. The minimum Gasteiger partial charge on any atom is -0.505 e. The lowest BCUT2D eigenvalue weighted by Gasteiger charge is -2.31. The number of nitrogens with one attached hydrogen (secondary N) is 1. The molecular weight excluding hydrogens is 261 g/mol. The minimum atomic E-state index is -0.698. The van der Waals surface area contributed by atoms with Crippen molar-refractivity contribution in [1.29, 1.82) is 0 Å². The van der Waals surface area contributed by atoms with Crippen LogP contribution in [-0.2, 0) is 5.54 Å². The van der Waals surface area contributed by atoms with E-state index in [0.29, 0.717) is 17.3 Å². The molecule has 1 saturated heterocycles. The van der Waals surface area contributed by atoms with Gasteiger partial charge in [0.15, 0.2) is 11.6 Å². The van der Waals surface area contributed by atoms with Gasteiger partial charge in [0.2, 0.25) is 11.7 Å². The number of rotatable bonds is 2. The number of piperidine rings is 1. The molecule has 0 bridgehead atoms. The highest BCUT2D eigenvalue weighted by atomic mass is 19.1. The van der Waals surface area contributed by atoms with Crippen LogP contribution in [0.3, 0.4) is 0 Å². The summed E-state index contributed by atoms with van der Waals surface area (Å²) in [5, 5.41) is 16.5. The zero-order valence-corrected chi connectivity index (χ0v) is 11.2. The molecule has 1 atom stereocenters. The maximum atomic E-state index is 13.4. The predicted molar refractivity (Wildman–Crippen MR) is 70.6 cm³/mol. The summed E-state index contributed by atoms with van der Waals surface area (Å²) in [6.45, 7) is 2.95. The molecule has 0 amide bonds. The van der Waals surface area contributed by atoms with Crippen LogP contribution in [0, 0.1) is 5.82 Å². The van der Waals surface area contributed by atoms with E-state index in [1.54, 1.807) is 6.07 Å². The molecule has 5 nitrogen and oxygen atoms in total. The van der Waals surface area contributed by atoms with Crippen LogP contribution in [0.4, 0.5) is 4.39 Å². The summed E-state index contributed by atoms with van der Waals surface area (Å²) in [4.78, 5) is 4.36. The largest absolute Gasteiger partial charge is 0.505 e. The van der Waals surface area contributed by atoms with Gasteiger partial charge in [-0.25, -0.2) is 4.39 Å². The van der Waals surface area contributed by atoms with Crippen molar-refractivity contribution in [3.05, 3.63) is 29.9 Å². The van der Waals surface area contributed by atoms with E-state index >= 15 is 0 Å². The van der Waals surface area contributed by atoms with Crippen LogP contribution in [-0.4, -0.2) is 21.8 Å². The van der Waals surface area contributed by atoms with Crippen molar-refractivity contribution in [1.82, 2.24) is 15.5 Å². The Morgan fingerprint density at radius 3 is 2.95 bits per heavy atom. The first-order valence-electron chi connectivity index (χ1n) is 6.67. The van der Waals surface area contributed by atoms with Crippen LogP contribution in [0.2, 0.25) is 0 Å². The number of aromatic nitrogens is 2. The Kier molecular flexibility index (Phi) is 3.17. The van der Waals surface area contributed by atoms with Crippen LogP contribution in [0.1, 0.15) is 32.1 Å². The highest BCUT2D eigenvalue weighted by Crippen LogP contribution is 2.30. The standard InChI is InChI=1S/C14H16FN3O2/c1-14(6-2-3-7-16-14)13-17-12(18-20-13)9-4-5-11(19)10(15)8-9/h4-5,8,16,19H,2-3,6-7H2,1H3. The fraction of sp³-hybridized carbons (Fsp3) is 0.429. The van der Waals surface area contributed by atoms with Gasteiger partial charge < -0.3 is 14.9 Å². The molecule has 20 heavy (non-hydrogen) atoms. The SMILES string of the molecule is CC1(c2nc(-c3ccc(O)c(F)c3)no2)CCCCN1. The number of phenols is 1. The number of halogens is 1. The van der Waals surface area contributed by atoms with Crippen molar-refractivity contribution in [3.8, 4) is 17.1 Å². The maximum Gasteiger partial charge on any atom is 0.246 e. The van der Waals surface area contributed by atoms with E-state index < -0.39 is 11.6 Å². The predicted octanol–water partition coefficient (Wildman–Crippen LogP) is 2.57. The van der Waals surface area contributed by atoms with E-state index in [2.05, 4.69) is 15.5 Å². The molecule has 1 aromatic heterocycles. The molecular formula is C14H16FN3O2. The van der Waals surface area contributed by atoms with Gasteiger partial charge in [-0.05, 0) is 50.9 Å². The van der Waals surface area contributed by atoms with E-state index in [0.717, 1.165) is 25.8 Å². The molecule has 2 heterocycles. The van der Waals surface area contributed by atoms with Crippen molar-refractivity contribution < 1.29 is 14.0 Å². The van der Waals surface area contributed by atoms with E-state index in [1.165, 1.54) is 12.1 Å². The third kappa shape index (κ3) is 2.27. The monoisotopic (exact) mass is 277 g/mol. The van der Waals surface area contributed by atoms with Crippen molar-refractivity contribution in [2.45, 2.75) is 31.7 Å². The number of nitrogens with zero attached hydrogens (tertiary/aromatic N) is 2. The lowest BCUT2D eigenvalue weighted by atomic mass is 9.91. The molecule has 3 rings (SSSR count). The van der Waals surface area contributed by atoms with Crippen LogP contribution < -0.4 is 5.32 Å². The molecule has 0 saturated carbocycles. The molecule has 2 N–H and O–H groups in total. The van der Waals surface area contributed by atoms with Gasteiger partial charge in [0.1, 0.15) is 0 Å². The second-order valence-corrected chi connectivity index (χ2v) is 5.31. The zero-order valence-electron chi connectivity index (χ0n) is 11.2. The average molecular weight is 277 g/mol. The second-order valence-electron chi connectivity index (χ2n) is 5.31. The highest BCUT2D eigenvalue weighted by molar-refractivity contribution is 5.56. The minimum absolute atomic E-state index is 0.320. The first-order valence-corrected chi connectivity index (χ1v) is 6.67. The van der Waals surface area contributed by atoms with E-state index in [4.69, 9.17) is 4.52 Å². The Bertz CT molecular complexity index is 621. The van der Waals surface area contributed by atoms with Gasteiger partial charge in [0, 0.05) is 5.56 Å². The summed E-state index contributed by atoms with van der Waals surface area (Å²) < 4.78 is 18.7. The Morgan fingerprint density at radius 2 is 2.25 bits per heavy atom. The van der Waals surface area contributed by atoms with Crippen LogP contribution >= 0.6 is 0 Å². The topological polar surface area (TPSA) is 71.2 Å². The van der Waals surface area contributed by atoms with Crippen LogP contribution in [0.5, 0.6) is 5.75 Å². The quantitative estimate of drug-likeness (QED) is 0.882. The fourth-order valence-corrected chi connectivity index (χ4v) is 2.45. The maximum absolute atomic E-state index is 13.4. The molecule has 0 radical (unpaired) electrons. The molecule has 1 aromatic carbocycles. The summed E-state index contributed by atoms with van der Waals surface area (Å²) in [7, 11) is 0. The number of phenolic OH excluding ortho intramolecular Hbond substituents is 1. The second kappa shape index (κ2) is 4.86. The summed E-state index contributed by atoms with van der Waals surface area (Å²) in [5.41, 5.74) is 0.161. The number of hydrogen-bond acceptors (Lipinski definition) is 5. The van der Waals surface area contributed by atoms with Gasteiger partial charge in [-0.1, -0.05) is 5.16 Å². The first kappa shape index (κ1) is 13.1. The zero-order chi connectivity index (χ0) is 14.2. The van der Waals surface area contributed by atoms with Gasteiger partial charge in [0.05, 0.1) is 5.54 Å². The molecule has 0 aliphatic carbocycles. The lowest BCUT2D eigenvalue weighted by Crippen LogP contribution is -2.43. The number of hydrogen-bond donors (Lipinski definition) is 2. The summed E-state index contributed by atoms with van der Waals surface area (Å²) in [6, 6.07) is 4.03. The van der Waals surface area contributed by atoms with Crippen molar-refractivity contribution >= 4 is 0 Å². The van der Waals surface area contributed by atoms with Crippen LogP contribution in [0.25, 0.3) is 11.4 Å². The average Bonchev–Trinajstić information content (AvgIpc) is 2.93. The van der Waals surface area contributed by atoms with E-state index in [-0.39, 0.29) is 5.54 Å². The van der Waals surface area contributed by atoms with E-state index in [1.807, 2.05) is 6.92 Å². The Morgan fingerprint density at radius 1 is 1.40 bits per heavy atom. The highest BCUT2D eigenvalue weighted by Gasteiger charge is 2.34. The molecule has 2 aromatic rings. The Labute approximate surface area is 115 Å². The molecule has 6 heteroatoms. The van der Waals surface area contributed by atoms with Gasteiger partial charge in [-0.3, -0.25) is 0 Å². The van der Waals surface area contributed by atoms with E-state index in [9.17, 15) is 9.50 Å². The molecule has 1 unspecified atom stereocenters. The number of aromatic hydroxyl groups is 1. The first-order chi connectivity index (χ1) is 9.58. The summed E-state index contributed by atoms with van der Waals surface area (Å²) in [6.07, 6.45) is 3.17. The van der Waals surface area contributed by atoms with Gasteiger partial charge in [-0.2, -0.15) is 4.98 Å². The molecule has 0 spiro atoms. The number of benzene rings is 1. The van der Waals surface area contributed by atoms with Gasteiger partial charge in [0.25, 0.3) is 0 Å². The Hall–Kier alpha value is -1.95. The van der Waals surface area contributed by atoms with Gasteiger partial charge >= 0.3 is 0 Å². The van der Waals surface area contributed by atoms with Crippen LogP contribution in [0.15, 0.2) is 22.7 Å². The fourth-order valence-electron chi connectivity index (χ4n) is 2.45. The molecule has 1 fully saturated rings. The van der Waals surface area contributed by atoms with Crippen molar-refractivity contribution in [2.24, 2.45) is 0 Å². The molecule has 1 aliphatic rings. The smallest absolute Gasteiger partial charge is 0.246 e. The normalized spacial score (nSPS) is 22.9. The lowest BCUT2D eigenvalue weighted by molar-refractivity contribution is 0.207.